The summed E-state index contributed by atoms with van der Waals surface area (Å²) < 4.78 is 19.7. The van der Waals surface area contributed by atoms with Gasteiger partial charge in [0.05, 0.1) is 6.04 Å². The molecule has 3 N–H and O–H groups in total. The Hall–Kier alpha value is -2.82. The second-order valence-electron chi connectivity index (χ2n) is 10.0. The summed E-state index contributed by atoms with van der Waals surface area (Å²) in [6.45, 7) is 8.00. The minimum atomic E-state index is -1.19. The molecule has 11 nitrogen and oxygen atoms in total. The Balaban J connectivity index is 1.78. The monoisotopic (exact) mass is 537 g/mol. The molecule has 204 valence electrons. The van der Waals surface area contributed by atoms with Crippen molar-refractivity contribution in [2.75, 3.05) is 27.2 Å². The standard InChI is InChI=1S/C24H37FN7O4P/c1-15(25)14-16(17(26-5)9-12-30(6)28-23(35)36-24(2,3)4)18-8-7-11-31(18)19-10-13-32-21(27-19)20(22(33)34)37-29-32/h10,13-15,18,29,37H,7-9,11-12H2,1-6H3,(H,28,35)(H,33,34)/b16-14+,26-17-. The average Bonchev–Trinajstić information content (AvgIpc) is 3.43. The third kappa shape index (κ3) is 7.59. The summed E-state index contributed by atoms with van der Waals surface area (Å²) >= 11 is 0. The van der Waals surface area contributed by atoms with E-state index in [4.69, 9.17) is 4.74 Å². The lowest BCUT2D eigenvalue weighted by Crippen LogP contribution is -2.44. The van der Waals surface area contributed by atoms with Gasteiger partial charge in [-0.15, -0.1) is 0 Å². The summed E-state index contributed by atoms with van der Waals surface area (Å²) in [6, 6.07) is -0.165. The Bertz CT molecular complexity index is 1050. The number of carbonyl (C=O) groups excluding carboxylic acids is 1. The van der Waals surface area contributed by atoms with Crippen molar-refractivity contribution in [2.45, 2.75) is 64.8 Å². The Morgan fingerprint density at radius 3 is 2.84 bits per heavy atom. The van der Waals surface area contributed by atoms with Crippen LogP contribution in [-0.4, -0.2) is 88.6 Å². The van der Waals surface area contributed by atoms with E-state index in [-0.39, 0.29) is 20.1 Å². The molecule has 0 bridgehead atoms. The zero-order chi connectivity index (χ0) is 27.3. The topological polar surface area (TPSA) is 122 Å². The maximum Gasteiger partial charge on any atom is 0.422 e. The van der Waals surface area contributed by atoms with Crippen molar-refractivity contribution in [3.63, 3.8) is 0 Å². The minimum Gasteiger partial charge on any atom is -0.477 e. The van der Waals surface area contributed by atoms with Crippen LogP contribution in [0.4, 0.5) is 9.18 Å². The molecule has 1 amide bonds. The van der Waals surface area contributed by atoms with E-state index in [1.165, 1.54) is 6.92 Å². The fourth-order valence-corrected chi connectivity index (χ4v) is 5.15. The summed E-state index contributed by atoms with van der Waals surface area (Å²) in [5, 5.41) is 16.0. The maximum atomic E-state index is 14.4. The first kappa shape index (κ1) is 28.7. The lowest BCUT2D eigenvalue weighted by molar-refractivity contribution is -0.131. The number of amides is 1. The fraction of sp³-hybridized carbons (Fsp3) is 0.583. The van der Waals surface area contributed by atoms with E-state index >= 15 is 0 Å². The predicted molar refractivity (Wildman–Crippen MR) is 143 cm³/mol. The van der Waals surface area contributed by atoms with Gasteiger partial charge in [-0.3, -0.25) is 15.4 Å². The molecule has 0 aromatic heterocycles. The molecular weight excluding hydrogens is 500 g/mol. The van der Waals surface area contributed by atoms with Gasteiger partial charge in [0.2, 0.25) is 0 Å². The predicted octanol–water partition coefficient (Wildman–Crippen LogP) is 3.16. The number of nitrogens with zero attached hydrogens (tertiary/aromatic N) is 5. The van der Waals surface area contributed by atoms with Crippen molar-refractivity contribution in [3.05, 3.63) is 35.1 Å². The molecular formula is C24H37FN7O4P. The van der Waals surface area contributed by atoms with E-state index in [0.717, 1.165) is 24.1 Å². The van der Waals surface area contributed by atoms with Crippen LogP contribution in [0.15, 0.2) is 45.0 Å². The number of allylic oxidation sites excluding steroid dienone is 1. The van der Waals surface area contributed by atoms with Gasteiger partial charge in [-0.2, -0.15) is 0 Å². The molecule has 37 heavy (non-hydrogen) atoms. The molecule has 0 aromatic rings. The van der Waals surface area contributed by atoms with Crippen molar-refractivity contribution >= 4 is 32.3 Å². The zero-order valence-corrected chi connectivity index (χ0v) is 23.2. The molecule has 3 atom stereocenters. The van der Waals surface area contributed by atoms with Crippen molar-refractivity contribution in [3.8, 4) is 0 Å². The molecule has 0 spiro atoms. The SMILES string of the molecule is C/N=C(CCN(C)NC(=O)OC(C)(C)C)\C(=C/C(C)F)C1CCCN1C1=NC2=C(C(=O)O)PNN2C=C1. The van der Waals surface area contributed by atoms with Gasteiger partial charge in [-0.05, 0) is 58.3 Å². The summed E-state index contributed by atoms with van der Waals surface area (Å²) in [4.78, 5) is 35.0. The zero-order valence-electron chi connectivity index (χ0n) is 22.2. The van der Waals surface area contributed by atoms with Crippen molar-refractivity contribution < 1.29 is 23.8 Å². The Morgan fingerprint density at radius 2 is 2.22 bits per heavy atom. The maximum absolute atomic E-state index is 14.4. The molecule has 1 fully saturated rings. The van der Waals surface area contributed by atoms with Crippen molar-refractivity contribution in [1.82, 2.24) is 25.5 Å². The summed E-state index contributed by atoms with van der Waals surface area (Å²) in [7, 11) is 3.34. The number of rotatable bonds is 8. The molecule has 3 heterocycles. The van der Waals surface area contributed by atoms with Crippen LogP contribution < -0.4 is 10.6 Å². The smallest absolute Gasteiger partial charge is 0.422 e. The van der Waals surface area contributed by atoms with E-state index in [0.29, 0.717) is 31.2 Å². The molecule has 0 radical (unpaired) electrons. The van der Waals surface area contributed by atoms with Crippen molar-refractivity contribution in [2.24, 2.45) is 9.98 Å². The lowest BCUT2D eigenvalue weighted by Gasteiger charge is -2.32. The van der Waals surface area contributed by atoms with Crippen LogP contribution in [0.1, 0.15) is 47.0 Å². The molecule has 3 rings (SSSR count). The number of fused-ring (bicyclic) bond motifs is 1. The number of halogens is 1. The first-order valence-corrected chi connectivity index (χ1v) is 13.2. The van der Waals surface area contributed by atoms with Crippen LogP contribution in [-0.2, 0) is 9.53 Å². The van der Waals surface area contributed by atoms with E-state index in [1.807, 2.05) is 6.08 Å². The number of hydrogen-bond donors (Lipinski definition) is 3. The number of nitrogens with one attached hydrogen (secondary N) is 2. The molecule has 0 aromatic carbocycles. The number of aliphatic carboxylic acids is 1. The number of alkyl halides is 1. The van der Waals surface area contributed by atoms with Gasteiger partial charge in [0.25, 0.3) is 0 Å². The number of likely N-dealkylation sites (tertiary alicyclic amines) is 1. The molecule has 0 aliphatic carbocycles. The number of hydrazine groups is 2. The van der Waals surface area contributed by atoms with E-state index < -0.39 is 23.8 Å². The molecule has 3 aliphatic rings. The number of carboxylic acid groups (broad SMARTS) is 1. The van der Waals surface area contributed by atoms with Gasteiger partial charge in [-0.25, -0.2) is 29.2 Å². The molecule has 3 unspecified atom stereocenters. The second kappa shape index (κ2) is 12.1. The van der Waals surface area contributed by atoms with Crippen LogP contribution >= 0.6 is 8.73 Å². The molecule has 0 saturated carbocycles. The molecule has 13 heteroatoms. The fourth-order valence-electron chi connectivity index (χ4n) is 4.34. The second-order valence-corrected chi connectivity index (χ2v) is 11.0. The number of amidine groups is 1. The average molecular weight is 538 g/mol. The quantitative estimate of drug-likeness (QED) is 0.245. The first-order valence-electron chi connectivity index (χ1n) is 12.2. The highest BCUT2D eigenvalue weighted by Crippen LogP contribution is 2.36. The Labute approximate surface area is 219 Å². The number of carboxylic acids is 1. The third-order valence-corrected chi connectivity index (χ3v) is 6.88. The number of aliphatic imine (C=N–C) groups is 2. The Kier molecular flexibility index (Phi) is 9.44. The van der Waals surface area contributed by atoms with Crippen LogP contribution in [0.25, 0.3) is 0 Å². The Morgan fingerprint density at radius 1 is 1.49 bits per heavy atom. The number of hydrogen-bond acceptors (Lipinski definition) is 9. The summed E-state index contributed by atoms with van der Waals surface area (Å²) in [6.07, 6.45) is 5.59. The van der Waals surface area contributed by atoms with Crippen LogP contribution in [0.2, 0.25) is 0 Å². The van der Waals surface area contributed by atoms with Gasteiger partial charge in [0, 0.05) is 54.2 Å². The number of ether oxygens (including phenoxy) is 1. The molecule has 1 saturated heterocycles. The first-order chi connectivity index (χ1) is 17.4. The largest absolute Gasteiger partial charge is 0.477 e. The van der Waals surface area contributed by atoms with Gasteiger partial charge in [0.1, 0.15) is 22.9 Å². The normalized spacial score (nSPS) is 22.1. The highest BCUT2D eigenvalue weighted by molar-refractivity contribution is 7.43. The summed E-state index contributed by atoms with van der Waals surface area (Å²) in [5.74, 6) is 0.00577. The van der Waals surface area contributed by atoms with Gasteiger partial charge >= 0.3 is 12.1 Å². The van der Waals surface area contributed by atoms with E-state index in [9.17, 15) is 19.1 Å². The molecule has 3 aliphatic heterocycles. The van der Waals surface area contributed by atoms with E-state index in [2.05, 4.69) is 25.5 Å². The highest BCUT2D eigenvalue weighted by Gasteiger charge is 2.35. The van der Waals surface area contributed by atoms with Crippen molar-refractivity contribution in [1.29, 1.82) is 0 Å². The van der Waals surface area contributed by atoms with Gasteiger partial charge in [-0.1, -0.05) is 0 Å². The van der Waals surface area contributed by atoms with Gasteiger partial charge < -0.3 is 14.7 Å². The van der Waals surface area contributed by atoms with Gasteiger partial charge in [0.15, 0.2) is 5.82 Å². The minimum absolute atomic E-state index is 0.0765. The van der Waals surface area contributed by atoms with E-state index in [1.54, 1.807) is 57.2 Å². The lowest BCUT2D eigenvalue weighted by atomic mass is 9.95. The van der Waals surface area contributed by atoms with Crippen LogP contribution in [0.3, 0.4) is 0 Å². The highest BCUT2D eigenvalue weighted by atomic mass is 31.1. The van der Waals surface area contributed by atoms with Crippen LogP contribution in [0, 0.1) is 0 Å². The van der Waals surface area contributed by atoms with Crippen LogP contribution in [0.5, 0.6) is 0 Å². The summed E-state index contributed by atoms with van der Waals surface area (Å²) in [5.41, 5.74) is 3.58. The third-order valence-electron chi connectivity index (χ3n) is 5.84. The number of carbonyl (C=O) groups is 2.